The van der Waals surface area contributed by atoms with Gasteiger partial charge in [0.15, 0.2) is 0 Å². The van der Waals surface area contributed by atoms with Crippen molar-refractivity contribution in [1.82, 2.24) is 19.9 Å². The third-order valence-electron chi connectivity index (χ3n) is 3.74. The monoisotopic (exact) mass is 327 g/mol. The number of aromatic nitrogens is 4. The molecule has 0 aliphatic rings. The fourth-order valence-electron chi connectivity index (χ4n) is 2.59. The maximum atomic E-state index is 7.41. The third-order valence-corrected chi connectivity index (χ3v) is 3.74. The first-order chi connectivity index (χ1) is 12.2. The minimum atomic E-state index is 0.198. The largest absolute Gasteiger partial charge is 0.424 e. The van der Waals surface area contributed by atoms with E-state index in [1.54, 1.807) is 12.4 Å². The molecule has 25 heavy (non-hydrogen) atoms. The number of hydrogen-bond acceptors (Lipinski definition) is 4. The molecule has 0 saturated heterocycles. The van der Waals surface area contributed by atoms with Crippen molar-refractivity contribution in [2.24, 2.45) is 0 Å². The van der Waals surface area contributed by atoms with Gasteiger partial charge in [0.05, 0.1) is 12.3 Å². The van der Waals surface area contributed by atoms with E-state index in [2.05, 4.69) is 24.8 Å². The molecule has 6 heteroatoms. The Hall–Kier alpha value is -3.72. The van der Waals surface area contributed by atoms with Gasteiger partial charge < -0.3 is 9.72 Å². The van der Waals surface area contributed by atoms with Crippen LogP contribution in [-0.4, -0.2) is 19.9 Å². The molecule has 0 bridgehead atoms. The average Bonchev–Trinajstić information content (AvgIpc) is 3.05. The van der Waals surface area contributed by atoms with Gasteiger partial charge >= 0.3 is 6.01 Å². The van der Waals surface area contributed by atoms with Crippen LogP contribution in [0.5, 0.6) is 11.8 Å². The Morgan fingerprint density at radius 3 is 2.76 bits per heavy atom. The minimum absolute atomic E-state index is 0.198. The van der Waals surface area contributed by atoms with E-state index in [1.807, 2.05) is 43.3 Å². The molecule has 3 heterocycles. The van der Waals surface area contributed by atoms with Gasteiger partial charge in [-0.25, -0.2) is 19.8 Å². The third kappa shape index (κ3) is 2.79. The lowest BCUT2D eigenvalue weighted by Crippen LogP contribution is -1.93. The Kier molecular flexibility index (Phi) is 3.60. The van der Waals surface area contributed by atoms with Crippen LogP contribution in [0.1, 0.15) is 5.56 Å². The molecular formula is C19H13N5O. The SMILES string of the molecule is [C-]#[N+]c1cnc(Oc2ccccc2)nc1-c1c[nH]c2ncc(C)cc12. The molecule has 0 fully saturated rings. The highest BCUT2D eigenvalue weighted by Gasteiger charge is 2.15. The molecule has 4 rings (SSSR count). The molecule has 6 nitrogen and oxygen atoms in total. The van der Waals surface area contributed by atoms with Crippen LogP contribution < -0.4 is 4.74 Å². The number of rotatable bonds is 3. The van der Waals surface area contributed by atoms with Gasteiger partial charge in [-0.2, -0.15) is 0 Å². The van der Waals surface area contributed by atoms with Crippen LogP contribution in [-0.2, 0) is 0 Å². The first-order valence-electron chi connectivity index (χ1n) is 7.66. The molecule has 0 amide bonds. The number of H-pyrrole nitrogens is 1. The van der Waals surface area contributed by atoms with E-state index in [9.17, 15) is 0 Å². The standard InChI is InChI=1S/C19H13N5O/c1-12-8-14-15(10-22-18(14)21-9-12)17-16(20-2)11-23-19(24-17)25-13-6-4-3-5-7-13/h3-11H,1H3,(H,21,22). The lowest BCUT2D eigenvalue weighted by atomic mass is 10.1. The van der Waals surface area contributed by atoms with Crippen LogP contribution in [0.25, 0.3) is 27.1 Å². The molecule has 0 saturated carbocycles. The highest BCUT2D eigenvalue weighted by atomic mass is 16.5. The molecule has 0 atom stereocenters. The highest BCUT2D eigenvalue weighted by Crippen LogP contribution is 2.34. The normalized spacial score (nSPS) is 10.6. The van der Waals surface area contributed by atoms with Gasteiger partial charge in [0, 0.05) is 29.5 Å². The number of aryl methyl sites for hydroxylation is 1. The van der Waals surface area contributed by atoms with E-state index in [1.165, 1.54) is 6.20 Å². The number of benzene rings is 1. The van der Waals surface area contributed by atoms with Crippen LogP contribution in [0, 0.1) is 13.5 Å². The van der Waals surface area contributed by atoms with Gasteiger partial charge in [0.1, 0.15) is 11.4 Å². The molecule has 0 spiro atoms. The summed E-state index contributed by atoms with van der Waals surface area (Å²) in [7, 11) is 0. The van der Waals surface area contributed by atoms with Crippen molar-refractivity contribution >= 4 is 16.7 Å². The zero-order valence-corrected chi connectivity index (χ0v) is 13.4. The zero-order valence-electron chi connectivity index (χ0n) is 13.4. The van der Waals surface area contributed by atoms with Crippen molar-refractivity contribution in [3.8, 4) is 23.0 Å². The van der Waals surface area contributed by atoms with E-state index >= 15 is 0 Å². The van der Waals surface area contributed by atoms with Crippen LogP contribution in [0.3, 0.4) is 0 Å². The number of nitrogens with zero attached hydrogens (tertiary/aromatic N) is 4. The molecule has 0 aliphatic heterocycles. The van der Waals surface area contributed by atoms with Crippen molar-refractivity contribution in [2.75, 3.05) is 0 Å². The van der Waals surface area contributed by atoms with Gasteiger partial charge in [0.25, 0.3) is 0 Å². The molecule has 0 aliphatic carbocycles. The smallest absolute Gasteiger partial charge is 0.319 e. The summed E-state index contributed by atoms with van der Waals surface area (Å²) in [5.74, 6) is 0.639. The molecule has 3 aromatic heterocycles. The fourth-order valence-corrected chi connectivity index (χ4v) is 2.59. The van der Waals surface area contributed by atoms with Crippen molar-refractivity contribution in [2.45, 2.75) is 6.92 Å². The molecule has 0 radical (unpaired) electrons. The number of hydrogen-bond donors (Lipinski definition) is 1. The number of fused-ring (bicyclic) bond motifs is 1. The molecule has 0 unspecified atom stereocenters. The second kappa shape index (κ2) is 6.06. The summed E-state index contributed by atoms with van der Waals surface area (Å²) in [5, 5.41) is 0.911. The Morgan fingerprint density at radius 1 is 1.12 bits per heavy atom. The molecule has 1 aromatic carbocycles. The fraction of sp³-hybridized carbons (Fsp3) is 0.0526. The average molecular weight is 327 g/mol. The summed E-state index contributed by atoms with van der Waals surface area (Å²) in [6.45, 7) is 9.38. The summed E-state index contributed by atoms with van der Waals surface area (Å²) < 4.78 is 5.70. The lowest BCUT2D eigenvalue weighted by molar-refractivity contribution is 0.443. The number of para-hydroxylation sites is 1. The number of nitrogens with one attached hydrogen (secondary N) is 1. The minimum Gasteiger partial charge on any atom is -0.424 e. The number of ether oxygens (including phenoxy) is 1. The van der Waals surface area contributed by atoms with Crippen LogP contribution in [0.2, 0.25) is 0 Å². The Balaban J connectivity index is 1.83. The van der Waals surface area contributed by atoms with Crippen LogP contribution in [0.15, 0.2) is 55.0 Å². The van der Waals surface area contributed by atoms with Crippen LogP contribution >= 0.6 is 0 Å². The highest BCUT2D eigenvalue weighted by molar-refractivity contribution is 5.96. The molecule has 120 valence electrons. The second-order valence-electron chi connectivity index (χ2n) is 5.52. The van der Waals surface area contributed by atoms with Crippen molar-refractivity contribution in [3.05, 3.63) is 72.0 Å². The summed E-state index contributed by atoms with van der Waals surface area (Å²) in [6, 6.07) is 11.5. The van der Waals surface area contributed by atoms with Crippen LogP contribution in [0.4, 0.5) is 5.69 Å². The van der Waals surface area contributed by atoms with E-state index < -0.39 is 0 Å². The first kappa shape index (κ1) is 14.8. The van der Waals surface area contributed by atoms with Gasteiger partial charge in [-0.1, -0.05) is 18.2 Å². The molecule has 1 N–H and O–H groups in total. The zero-order chi connectivity index (χ0) is 17.2. The van der Waals surface area contributed by atoms with E-state index in [0.717, 1.165) is 22.2 Å². The van der Waals surface area contributed by atoms with E-state index in [-0.39, 0.29) is 6.01 Å². The van der Waals surface area contributed by atoms with Crippen molar-refractivity contribution < 1.29 is 4.74 Å². The van der Waals surface area contributed by atoms with Gasteiger partial charge in [-0.3, -0.25) is 0 Å². The Bertz CT molecular complexity index is 1100. The number of pyridine rings is 1. The van der Waals surface area contributed by atoms with E-state index in [0.29, 0.717) is 17.1 Å². The summed E-state index contributed by atoms with van der Waals surface area (Å²) >= 11 is 0. The Labute approximate surface area is 144 Å². The predicted octanol–water partition coefficient (Wildman–Crippen LogP) is 4.67. The maximum absolute atomic E-state index is 7.41. The van der Waals surface area contributed by atoms with Gasteiger partial charge in [-0.05, 0) is 30.7 Å². The second-order valence-corrected chi connectivity index (χ2v) is 5.52. The quantitative estimate of drug-likeness (QED) is 0.555. The molecular weight excluding hydrogens is 314 g/mol. The van der Waals surface area contributed by atoms with E-state index in [4.69, 9.17) is 11.3 Å². The van der Waals surface area contributed by atoms with Crippen molar-refractivity contribution in [1.29, 1.82) is 0 Å². The lowest BCUT2D eigenvalue weighted by Gasteiger charge is -2.07. The van der Waals surface area contributed by atoms with Gasteiger partial charge in [-0.15, -0.1) is 0 Å². The Morgan fingerprint density at radius 2 is 1.96 bits per heavy atom. The topological polar surface area (TPSA) is 68.1 Å². The molecule has 4 aromatic rings. The van der Waals surface area contributed by atoms with Crippen molar-refractivity contribution in [3.63, 3.8) is 0 Å². The van der Waals surface area contributed by atoms with Gasteiger partial charge in [0.2, 0.25) is 5.69 Å². The summed E-state index contributed by atoms with van der Waals surface area (Å²) in [6.07, 6.45) is 5.08. The summed E-state index contributed by atoms with van der Waals surface area (Å²) in [5.41, 5.74) is 3.48. The summed E-state index contributed by atoms with van der Waals surface area (Å²) in [4.78, 5) is 19.6. The predicted molar refractivity (Wildman–Crippen MR) is 94.6 cm³/mol. The maximum Gasteiger partial charge on any atom is 0.319 e. The first-order valence-corrected chi connectivity index (χ1v) is 7.66. The number of aromatic amines is 1.